The van der Waals surface area contributed by atoms with Crippen molar-refractivity contribution in [1.82, 2.24) is 9.55 Å². The number of para-hydroxylation sites is 2. The fraction of sp³-hybridized carbons (Fsp3) is 0.125. The number of anilines is 1. The molecule has 0 saturated heterocycles. The summed E-state index contributed by atoms with van der Waals surface area (Å²) in [4.78, 5) is 16.7. The van der Waals surface area contributed by atoms with Crippen molar-refractivity contribution in [1.29, 1.82) is 0 Å². The number of sulfone groups is 1. The van der Waals surface area contributed by atoms with Gasteiger partial charge in [-0.2, -0.15) is 0 Å². The van der Waals surface area contributed by atoms with Crippen LogP contribution in [0.15, 0.2) is 35.5 Å². The first-order valence-electron chi connectivity index (χ1n) is 7.37. The first-order valence-corrected chi connectivity index (χ1v) is 10.8. The summed E-state index contributed by atoms with van der Waals surface area (Å²) in [5.74, 6) is -0.579. The van der Waals surface area contributed by atoms with Crippen LogP contribution in [-0.4, -0.2) is 30.1 Å². The molecule has 0 bridgehead atoms. The summed E-state index contributed by atoms with van der Waals surface area (Å²) in [5, 5.41) is 2.59. The first-order chi connectivity index (χ1) is 12.6. The topological polar surface area (TPSA) is 81.1 Å². The highest BCUT2D eigenvalue weighted by Gasteiger charge is 2.22. The second-order valence-corrected chi connectivity index (χ2v) is 9.11. The summed E-state index contributed by atoms with van der Waals surface area (Å²) in [5.41, 5.74) is 0.994. The molecule has 0 aliphatic rings. The maximum absolute atomic E-state index is 12.6. The molecule has 1 aromatic heterocycles. The largest absolute Gasteiger partial charge is 0.322 e. The monoisotopic (exact) mass is 465 g/mol. The molecule has 2 aromatic carbocycles. The minimum Gasteiger partial charge on any atom is -0.322 e. The van der Waals surface area contributed by atoms with Gasteiger partial charge in [0.2, 0.25) is 20.9 Å². The SMILES string of the molecule is CS(=O)(=O)c1nc2ccccc2n1CC(=O)Nc1c(Cl)c(Cl)cc(Cl)c1Cl. The van der Waals surface area contributed by atoms with E-state index >= 15 is 0 Å². The highest BCUT2D eigenvalue weighted by atomic mass is 35.5. The number of benzene rings is 2. The van der Waals surface area contributed by atoms with Gasteiger partial charge in [-0.25, -0.2) is 13.4 Å². The second kappa shape index (κ2) is 7.48. The smallest absolute Gasteiger partial charge is 0.244 e. The molecule has 3 aromatic rings. The third-order valence-corrected chi connectivity index (χ3v) is 6.18. The van der Waals surface area contributed by atoms with Crippen LogP contribution >= 0.6 is 46.4 Å². The summed E-state index contributed by atoms with van der Waals surface area (Å²) in [6.45, 7) is -0.334. The normalized spacial score (nSPS) is 11.7. The van der Waals surface area contributed by atoms with E-state index in [1.807, 2.05) is 0 Å². The highest BCUT2D eigenvalue weighted by Crippen LogP contribution is 2.41. The molecular formula is C16H11Cl4N3O3S. The number of nitrogens with zero attached hydrogens (tertiary/aromatic N) is 2. The molecular weight excluding hydrogens is 456 g/mol. The standard InChI is InChI=1S/C16H11Cl4N3O3S/c1-27(25,26)16-21-10-4-2-3-5-11(10)23(16)7-12(24)22-15-13(19)8(17)6-9(18)14(15)20/h2-6H,7H2,1H3,(H,22,24). The zero-order chi connectivity index (χ0) is 19.9. The van der Waals surface area contributed by atoms with Crippen LogP contribution in [-0.2, 0) is 21.2 Å². The molecule has 0 unspecified atom stereocenters. The number of halogens is 4. The van der Waals surface area contributed by atoms with Crippen molar-refractivity contribution < 1.29 is 13.2 Å². The van der Waals surface area contributed by atoms with E-state index in [0.717, 1.165) is 6.26 Å². The van der Waals surface area contributed by atoms with Gasteiger partial charge in [0.05, 0.1) is 36.8 Å². The molecule has 3 rings (SSSR count). The van der Waals surface area contributed by atoms with Gasteiger partial charge in [-0.15, -0.1) is 0 Å². The Bertz CT molecular complexity index is 1150. The predicted octanol–water partition coefficient (Wildman–Crippen LogP) is 4.69. The van der Waals surface area contributed by atoms with E-state index < -0.39 is 15.7 Å². The molecule has 0 atom stereocenters. The van der Waals surface area contributed by atoms with Crippen molar-refractivity contribution in [2.24, 2.45) is 0 Å². The average Bonchev–Trinajstić information content (AvgIpc) is 2.96. The summed E-state index contributed by atoms with van der Waals surface area (Å²) >= 11 is 24.1. The Kier molecular flexibility index (Phi) is 5.61. The van der Waals surface area contributed by atoms with E-state index in [-0.39, 0.29) is 37.5 Å². The number of hydrogen-bond donors (Lipinski definition) is 1. The van der Waals surface area contributed by atoms with E-state index in [1.54, 1.807) is 24.3 Å². The van der Waals surface area contributed by atoms with Crippen LogP contribution in [0.3, 0.4) is 0 Å². The molecule has 142 valence electrons. The van der Waals surface area contributed by atoms with E-state index in [1.165, 1.54) is 10.6 Å². The number of rotatable bonds is 4. The number of fused-ring (bicyclic) bond motifs is 1. The predicted molar refractivity (Wildman–Crippen MR) is 108 cm³/mol. The quantitative estimate of drug-likeness (QED) is 0.565. The molecule has 1 N–H and O–H groups in total. The molecule has 27 heavy (non-hydrogen) atoms. The third kappa shape index (κ3) is 4.02. The van der Waals surface area contributed by atoms with Crippen molar-refractivity contribution in [3.63, 3.8) is 0 Å². The lowest BCUT2D eigenvalue weighted by molar-refractivity contribution is -0.116. The van der Waals surface area contributed by atoms with E-state index in [2.05, 4.69) is 10.3 Å². The molecule has 1 amide bonds. The van der Waals surface area contributed by atoms with E-state index in [9.17, 15) is 13.2 Å². The van der Waals surface area contributed by atoms with Crippen LogP contribution < -0.4 is 5.32 Å². The molecule has 0 aliphatic heterocycles. The van der Waals surface area contributed by atoms with Crippen LogP contribution in [0.2, 0.25) is 20.1 Å². The fourth-order valence-electron chi connectivity index (χ4n) is 2.49. The fourth-order valence-corrected chi connectivity index (χ4v) is 4.23. The molecule has 11 heteroatoms. The summed E-state index contributed by atoms with van der Waals surface area (Å²) < 4.78 is 25.4. The van der Waals surface area contributed by atoms with Crippen molar-refractivity contribution in [3.8, 4) is 0 Å². The average molecular weight is 467 g/mol. The lowest BCUT2D eigenvalue weighted by Crippen LogP contribution is -2.21. The Morgan fingerprint density at radius 1 is 1.11 bits per heavy atom. The van der Waals surface area contributed by atoms with Gasteiger partial charge < -0.3 is 9.88 Å². The number of carbonyl (C=O) groups excluding carboxylic acids is 1. The van der Waals surface area contributed by atoms with E-state index in [0.29, 0.717) is 11.0 Å². The Balaban J connectivity index is 2.01. The van der Waals surface area contributed by atoms with Crippen LogP contribution in [0.1, 0.15) is 0 Å². The molecule has 0 fully saturated rings. The Hall–Kier alpha value is -1.51. The van der Waals surface area contributed by atoms with Crippen LogP contribution in [0.4, 0.5) is 5.69 Å². The lowest BCUT2D eigenvalue weighted by Gasteiger charge is -2.13. The molecule has 6 nitrogen and oxygen atoms in total. The van der Waals surface area contributed by atoms with Crippen molar-refractivity contribution in [3.05, 3.63) is 50.4 Å². The Morgan fingerprint density at radius 2 is 1.70 bits per heavy atom. The van der Waals surface area contributed by atoms with Crippen LogP contribution in [0.25, 0.3) is 11.0 Å². The van der Waals surface area contributed by atoms with Gasteiger partial charge >= 0.3 is 0 Å². The minimum absolute atomic E-state index is 0.0262. The molecule has 1 heterocycles. The summed E-state index contributed by atoms with van der Waals surface area (Å²) in [6.07, 6.45) is 1.02. The van der Waals surface area contributed by atoms with E-state index in [4.69, 9.17) is 46.4 Å². The summed E-state index contributed by atoms with van der Waals surface area (Å²) in [7, 11) is -3.67. The maximum Gasteiger partial charge on any atom is 0.244 e. The Labute approximate surface area is 174 Å². The van der Waals surface area contributed by atoms with Crippen molar-refractivity contribution >= 4 is 78.9 Å². The summed E-state index contributed by atoms with van der Waals surface area (Å²) in [6, 6.07) is 8.12. The van der Waals surface area contributed by atoms with Gasteiger partial charge in [0.1, 0.15) is 6.54 Å². The van der Waals surface area contributed by atoms with Gasteiger partial charge in [-0.1, -0.05) is 58.5 Å². The van der Waals surface area contributed by atoms with Crippen molar-refractivity contribution in [2.75, 3.05) is 11.6 Å². The van der Waals surface area contributed by atoms with Crippen molar-refractivity contribution in [2.45, 2.75) is 11.7 Å². The van der Waals surface area contributed by atoms with Gasteiger partial charge in [-0.05, 0) is 18.2 Å². The van der Waals surface area contributed by atoms with Gasteiger partial charge in [0.25, 0.3) is 0 Å². The maximum atomic E-state index is 12.6. The number of carbonyl (C=O) groups is 1. The zero-order valence-electron chi connectivity index (χ0n) is 13.6. The van der Waals surface area contributed by atoms with Crippen LogP contribution in [0.5, 0.6) is 0 Å². The second-order valence-electron chi connectivity index (χ2n) is 5.63. The Morgan fingerprint density at radius 3 is 2.30 bits per heavy atom. The molecule has 0 spiro atoms. The lowest BCUT2D eigenvalue weighted by atomic mass is 10.3. The van der Waals surface area contributed by atoms with Gasteiger partial charge in [-0.3, -0.25) is 4.79 Å². The molecule has 0 radical (unpaired) electrons. The molecule has 0 saturated carbocycles. The zero-order valence-corrected chi connectivity index (χ0v) is 17.5. The number of hydrogen-bond acceptors (Lipinski definition) is 4. The number of amides is 1. The van der Waals surface area contributed by atoms with Crippen LogP contribution in [0, 0.1) is 0 Å². The first kappa shape index (κ1) is 20.2. The number of nitrogens with one attached hydrogen (secondary N) is 1. The van der Waals surface area contributed by atoms with Gasteiger partial charge in [0.15, 0.2) is 0 Å². The highest BCUT2D eigenvalue weighted by molar-refractivity contribution is 7.90. The molecule has 0 aliphatic carbocycles. The third-order valence-electron chi connectivity index (χ3n) is 3.63. The van der Waals surface area contributed by atoms with Gasteiger partial charge in [0, 0.05) is 6.26 Å². The number of aromatic nitrogens is 2. The number of imidazole rings is 1. The minimum atomic E-state index is -3.67.